The molecular weight excluding hydrogens is 244 g/mol. The molecule has 1 aromatic carbocycles. The van der Waals surface area contributed by atoms with Crippen LogP contribution >= 0.6 is 23.8 Å². The van der Waals surface area contributed by atoms with Crippen molar-refractivity contribution in [2.45, 2.75) is 12.8 Å². The molecule has 0 fully saturated rings. The van der Waals surface area contributed by atoms with Gasteiger partial charge in [0.15, 0.2) is 10.9 Å². The van der Waals surface area contributed by atoms with Gasteiger partial charge in [0.25, 0.3) is 0 Å². The van der Waals surface area contributed by atoms with Gasteiger partial charge in [-0.15, -0.1) is 0 Å². The minimum absolute atomic E-state index is 0.0859. The fourth-order valence-electron chi connectivity index (χ4n) is 1.21. The van der Waals surface area contributed by atoms with Crippen LogP contribution in [0.15, 0.2) is 24.3 Å². The zero-order chi connectivity index (χ0) is 12.0. The second kappa shape index (κ2) is 6.45. The normalized spacial score (nSPS) is 9.81. The second-order valence-electron chi connectivity index (χ2n) is 3.38. The zero-order valence-electron chi connectivity index (χ0n) is 8.70. The first kappa shape index (κ1) is 12.9. The molecule has 0 atom stereocenters. The summed E-state index contributed by atoms with van der Waals surface area (Å²) in [6.07, 6.45) is 1.17. The standard InChI is InChI=1S/C11H13ClN2OS/c12-9-4-1-8(2-5-9)3-6-10(15)7-14-11(13)16/h1-2,4-5H,3,6-7H2,(H3,13,14,16). The van der Waals surface area contributed by atoms with E-state index in [1.165, 1.54) is 0 Å². The first-order valence-electron chi connectivity index (χ1n) is 4.87. The number of carbonyl (C=O) groups excluding carboxylic acids is 1. The largest absolute Gasteiger partial charge is 0.376 e. The van der Waals surface area contributed by atoms with Gasteiger partial charge in [0, 0.05) is 11.4 Å². The van der Waals surface area contributed by atoms with Gasteiger partial charge in [0.1, 0.15) is 0 Å². The quantitative estimate of drug-likeness (QED) is 0.787. The van der Waals surface area contributed by atoms with Crippen LogP contribution in [0.2, 0.25) is 5.02 Å². The number of carbonyl (C=O) groups is 1. The highest BCUT2D eigenvalue weighted by molar-refractivity contribution is 7.80. The summed E-state index contributed by atoms with van der Waals surface area (Å²) in [5, 5.41) is 3.48. The van der Waals surface area contributed by atoms with E-state index in [4.69, 9.17) is 17.3 Å². The minimum atomic E-state index is 0.0859. The van der Waals surface area contributed by atoms with Crippen LogP contribution in [-0.4, -0.2) is 17.4 Å². The Labute approximate surface area is 105 Å². The molecule has 0 aliphatic heterocycles. The molecule has 0 saturated heterocycles. The molecule has 0 aliphatic carbocycles. The summed E-state index contributed by atoms with van der Waals surface area (Å²) >= 11 is 10.4. The van der Waals surface area contributed by atoms with Gasteiger partial charge in [0.05, 0.1) is 6.54 Å². The number of nitrogens with two attached hydrogens (primary N) is 1. The molecule has 0 saturated carbocycles. The van der Waals surface area contributed by atoms with E-state index in [-0.39, 0.29) is 17.4 Å². The molecular formula is C11H13ClN2OS. The van der Waals surface area contributed by atoms with Crippen LogP contribution in [0.4, 0.5) is 0 Å². The maximum absolute atomic E-state index is 11.4. The van der Waals surface area contributed by atoms with E-state index in [1.807, 2.05) is 24.3 Å². The Morgan fingerprint density at radius 2 is 2.00 bits per heavy atom. The number of aryl methyl sites for hydroxylation is 1. The van der Waals surface area contributed by atoms with Gasteiger partial charge in [-0.25, -0.2) is 0 Å². The predicted octanol–water partition coefficient (Wildman–Crippen LogP) is 1.67. The molecule has 3 N–H and O–H groups in total. The molecule has 16 heavy (non-hydrogen) atoms. The number of halogens is 1. The van der Waals surface area contributed by atoms with Crippen molar-refractivity contribution in [1.29, 1.82) is 0 Å². The van der Waals surface area contributed by atoms with Crippen molar-refractivity contribution in [2.24, 2.45) is 5.73 Å². The van der Waals surface area contributed by atoms with E-state index < -0.39 is 0 Å². The van der Waals surface area contributed by atoms with Gasteiger partial charge in [-0.3, -0.25) is 4.79 Å². The number of nitrogens with one attached hydrogen (secondary N) is 1. The third kappa shape index (κ3) is 5.09. The fourth-order valence-corrected chi connectivity index (χ4v) is 1.41. The maximum atomic E-state index is 11.4. The highest BCUT2D eigenvalue weighted by Crippen LogP contribution is 2.10. The molecule has 5 heteroatoms. The molecule has 0 unspecified atom stereocenters. The number of hydrogen-bond donors (Lipinski definition) is 2. The summed E-state index contributed by atoms with van der Waals surface area (Å²) in [7, 11) is 0. The third-order valence-electron chi connectivity index (χ3n) is 2.07. The van der Waals surface area contributed by atoms with Crippen LogP contribution in [0.3, 0.4) is 0 Å². The lowest BCUT2D eigenvalue weighted by molar-refractivity contribution is -0.117. The number of ketones is 1. The summed E-state index contributed by atoms with van der Waals surface area (Å²) in [6, 6.07) is 7.45. The smallest absolute Gasteiger partial charge is 0.164 e. The Morgan fingerprint density at radius 1 is 1.38 bits per heavy atom. The Kier molecular flexibility index (Phi) is 5.22. The van der Waals surface area contributed by atoms with Gasteiger partial charge in [-0.05, 0) is 36.3 Å². The van der Waals surface area contributed by atoms with Gasteiger partial charge in [0.2, 0.25) is 0 Å². The van der Waals surface area contributed by atoms with Crippen molar-refractivity contribution < 1.29 is 4.79 Å². The number of thiocarbonyl (C=S) groups is 1. The fraction of sp³-hybridized carbons (Fsp3) is 0.273. The van der Waals surface area contributed by atoms with Gasteiger partial charge >= 0.3 is 0 Å². The van der Waals surface area contributed by atoms with Crippen LogP contribution in [0.25, 0.3) is 0 Å². The van der Waals surface area contributed by atoms with Crippen LogP contribution in [0, 0.1) is 0 Å². The van der Waals surface area contributed by atoms with Crippen molar-refractivity contribution in [3.05, 3.63) is 34.9 Å². The minimum Gasteiger partial charge on any atom is -0.376 e. The number of Topliss-reactive ketones (excluding diaryl/α,β-unsaturated/α-hetero) is 1. The van der Waals surface area contributed by atoms with Crippen molar-refractivity contribution in [1.82, 2.24) is 5.32 Å². The molecule has 0 radical (unpaired) electrons. The lowest BCUT2D eigenvalue weighted by Crippen LogP contribution is -2.33. The van der Waals surface area contributed by atoms with E-state index in [0.717, 1.165) is 5.56 Å². The predicted molar refractivity (Wildman–Crippen MR) is 69.6 cm³/mol. The van der Waals surface area contributed by atoms with E-state index >= 15 is 0 Å². The highest BCUT2D eigenvalue weighted by Gasteiger charge is 2.02. The zero-order valence-corrected chi connectivity index (χ0v) is 10.3. The number of hydrogen-bond acceptors (Lipinski definition) is 2. The molecule has 0 aromatic heterocycles. The first-order chi connectivity index (χ1) is 7.58. The number of benzene rings is 1. The van der Waals surface area contributed by atoms with Crippen molar-refractivity contribution in [3.63, 3.8) is 0 Å². The van der Waals surface area contributed by atoms with E-state index in [2.05, 4.69) is 17.5 Å². The van der Waals surface area contributed by atoms with Crippen LogP contribution in [0.1, 0.15) is 12.0 Å². The number of rotatable bonds is 5. The summed E-state index contributed by atoms with van der Waals surface area (Å²) in [4.78, 5) is 11.4. The molecule has 0 aliphatic rings. The van der Waals surface area contributed by atoms with Gasteiger partial charge in [-0.2, -0.15) is 0 Å². The van der Waals surface area contributed by atoms with Gasteiger partial charge in [-0.1, -0.05) is 23.7 Å². The molecule has 3 nitrogen and oxygen atoms in total. The molecule has 86 valence electrons. The van der Waals surface area contributed by atoms with E-state index in [1.54, 1.807) is 0 Å². The van der Waals surface area contributed by atoms with Crippen LogP contribution < -0.4 is 11.1 Å². The van der Waals surface area contributed by atoms with E-state index in [9.17, 15) is 4.79 Å². The monoisotopic (exact) mass is 256 g/mol. The Hall–Kier alpha value is -1.13. The lowest BCUT2D eigenvalue weighted by atomic mass is 10.1. The van der Waals surface area contributed by atoms with Crippen LogP contribution in [-0.2, 0) is 11.2 Å². The molecule has 0 amide bonds. The lowest BCUT2D eigenvalue weighted by Gasteiger charge is -2.03. The first-order valence-corrected chi connectivity index (χ1v) is 5.66. The summed E-state index contributed by atoms with van der Waals surface area (Å²) in [5.74, 6) is 0.0859. The molecule has 0 heterocycles. The topological polar surface area (TPSA) is 55.1 Å². The van der Waals surface area contributed by atoms with Crippen molar-refractivity contribution >= 4 is 34.7 Å². The average Bonchev–Trinajstić information content (AvgIpc) is 2.25. The van der Waals surface area contributed by atoms with Crippen molar-refractivity contribution in [3.8, 4) is 0 Å². The average molecular weight is 257 g/mol. The summed E-state index contributed by atoms with van der Waals surface area (Å²) in [5.41, 5.74) is 6.31. The third-order valence-corrected chi connectivity index (χ3v) is 2.46. The van der Waals surface area contributed by atoms with Crippen molar-refractivity contribution in [2.75, 3.05) is 6.54 Å². The summed E-state index contributed by atoms with van der Waals surface area (Å²) < 4.78 is 0. The Morgan fingerprint density at radius 3 is 2.56 bits per heavy atom. The molecule has 1 rings (SSSR count). The van der Waals surface area contributed by atoms with E-state index in [0.29, 0.717) is 17.9 Å². The summed E-state index contributed by atoms with van der Waals surface area (Å²) in [6.45, 7) is 0.197. The maximum Gasteiger partial charge on any atom is 0.164 e. The van der Waals surface area contributed by atoms with Crippen LogP contribution in [0.5, 0.6) is 0 Å². The second-order valence-corrected chi connectivity index (χ2v) is 4.26. The van der Waals surface area contributed by atoms with Gasteiger partial charge < -0.3 is 11.1 Å². The molecule has 1 aromatic rings. The highest BCUT2D eigenvalue weighted by atomic mass is 35.5. The Bertz CT molecular complexity index is 378. The SMILES string of the molecule is NC(=S)NCC(=O)CCc1ccc(Cl)cc1. The molecule has 0 bridgehead atoms. The Balaban J connectivity index is 2.31. The molecule has 0 spiro atoms.